The fourth-order valence-electron chi connectivity index (χ4n) is 13.0. The largest absolute Gasteiger partial charge is 0.457 e. The first kappa shape index (κ1) is 179. The van der Waals surface area contributed by atoms with E-state index in [4.69, 9.17) is 87.9 Å². The predicted molar refractivity (Wildman–Crippen MR) is 534 cm³/mol. The number of ether oxygens (including phenoxy) is 14. The molecule has 835 valence electrons. The number of aliphatic hydroxyl groups is 7. The van der Waals surface area contributed by atoms with Crippen molar-refractivity contribution in [1.29, 1.82) is 10.5 Å². The summed E-state index contributed by atoms with van der Waals surface area (Å²) in [5.74, 6) is 4.48. The summed E-state index contributed by atoms with van der Waals surface area (Å²) in [5.41, 5.74) is 16.6. The van der Waals surface area contributed by atoms with E-state index >= 15 is 0 Å². The van der Waals surface area contributed by atoms with E-state index in [1.807, 2.05) is 130 Å². The van der Waals surface area contributed by atoms with Crippen molar-refractivity contribution in [1.82, 2.24) is 85.3 Å². The van der Waals surface area contributed by atoms with Crippen LogP contribution < -0.4 is 10.6 Å². The molecule has 0 aliphatic carbocycles. The SMILES string of the molecule is C#C[CH2-].C#C[CH2-].CCN=[N+]=[N-].CCN=[N+]=[N-].CN[C@H]1C[C@@H](C)O[C@@H](OC)[C@@H]1O.CN[C@H]1C[C@@H](C)O[C@@H](OC)[C@@H]1O.[CH2-]C.[CH2-]C.[CH2-]C#N.[CH2-]C#N.[CH2-]N(C)[C@H]1C[C@@H](C)O[C@@H](OC)[C@@H]1O.[CH2-]N(C)[C@H]1C[C@@H](C)O[C@@H](OC)[C@@H]1O.[CH2-]N(C)[C@H]1C[C@@H](C)O[C@@H](OC)[C@@H]1O.[CH2-]N(C)[C@H]1C[C@@H](C)O[C@@H](OC)[C@@H]1O.[CH2-]N(C)[C@H]1C[C@@H](C)O[C@@H](OC)[C@@H]1O.[CH2-]c1cn(CC)nn1.[CH2-]c1cnnn1CC.[CH2-]c1nnn(CC)n1.[Y].[Y].[Y].[Y].[Y].[Y].[Y]. The summed E-state index contributed by atoms with van der Waals surface area (Å²) in [6, 6.07) is 3.18. The Kier molecular flexibility index (Phi) is 140. The molecule has 3 aromatic heterocycles. The third-order valence-electron chi connectivity index (χ3n) is 19.6. The zero-order valence-corrected chi connectivity index (χ0v) is 112. The second-order valence-electron chi connectivity index (χ2n) is 30.7. The number of nitriles is 2. The van der Waals surface area contributed by atoms with Gasteiger partial charge in [0, 0.05) is 363 Å². The van der Waals surface area contributed by atoms with Crippen LogP contribution in [0, 0.1) is 145 Å². The Hall–Kier alpha value is -0.233. The maximum Gasteiger partial charge on any atom is 0.184 e. The van der Waals surface area contributed by atoms with Crippen LogP contribution in [-0.4, -0.2) is 394 Å². The van der Waals surface area contributed by atoms with E-state index in [0.717, 1.165) is 76.0 Å². The minimum Gasteiger partial charge on any atom is -0.457 e. The summed E-state index contributed by atoms with van der Waals surface area (Å²) >= 11 is 0. The van der Waals surface area contributed by atoms with Gasteiger partial charge < -0.3 is 201 Å². The minimum atomic E-state index is -0.622. The molecule has 10 rings (SSSR count). The first-order valence-corrected chi connectivity index (χ1v) is 44.9. The third kappa shape index (κ3) is 83.1. The number of rotatable bonds is 19. The third-order valence-corrected chi connectivity index (χ3v) is 19.6. The molecular formula is C93H177N25O21Y7-14. The number of likely N-dealkylation sites (N-methyl/N-ethyl adjacent to an activating group) is 7. The predicted octanol–water partition coefficient (Wildman–Crippen LogP) is 7.26. The molecule has 0 aromatic carbocycles. The van der Waals surface area contributed by atoms with Crippen LogP contribution in [0.25, 0.3) is 20.9 Å². The van der Waals surface area contributed by atoms with Crippen LogP contribution in [-0.2, 0) is 315 Å². The number of aliphatic hydroxyl groups excluding tert-OH is 7. The molecule has 3 aromatic rings. The van der Waals surface area contributed by atoms with Gasteiger partial charge in [-0.05, 0) is 175 Å². The van der Waals surface area contributed by atoms with E-state index in [1.54, 1.807) is 88.2 Å². The van der Waals surface area contributed by atoms with Gasteiger partial charge in [0.05, 0.1) is 49.3 Å². The molecule has 0 bridgehead atoms. The smallest absolute Gasteiger partial charge is 0.184 e. The second kappa shape index (κ2) is 114. The van der Waals surface area contributed by atoms with Crippen molar-refractivity contribution < 1.29 is 331 Å². The summed E-state index contributed by atoms with van der Waals surface area (Å²) in [4.78, 5) is 15.2. The molecule has 46 nitrogen and oxygen atoms in total. The molecule has 7 aliphatic heterocycles. The van der Waals surface area contributed by atoms with Gasteiger partial charge in [0.2, 0.25) is 0 Å². The van der Waals surface area contributed by atoms with Gasteiger partial charge in [0.15, 0.2) is 44.0 Å². The van der Waals surface area contributed by atoms with Gasteiger partial charge in [-0.3, -0.25) is 39.9 Å². The molecule has 0 unspecified atom stereocenters. The monoisotopic (exact) mass is 2600 g/mol. The normalized spacial score (nSPS) is 27.6. The number of azide groups is 2. The zero-order valence-electron chi connectivity index (χ0n) is 92.5. The molecule has 7 radical (unpaired) electrons. The summed E-state index contributed by atoms with van der Waals surface area (Å²) in [6.07, 6.45) is 10.8. The summed E-state index contributed by atoms with van der Waals surface area (Å²) in [7, 11) is 42.5. The molecule has 0 saturated carbocycles. The Labute approximate surface area is 1050 Å². The number of nitrogens with zero attached hydrogens (tertiary/aromatic N) is 23. The fraction of sp³-hybridized carbons (Fsp3) is 0.731. The van der Waals surface area contributed by atoms with Crippen LogP contribution in [0.4, 0.5) is 0 Å². The number of hydrogen-bond donors (Lipinski definition) is 9. The average molecular weight is 2600 g/mol. The van der Waals surface area contributed by atoms with Crippen molar-refractivity contribution in [2.45, 2.75) is 333 Å². The van der Waals surface area contributed by atoms with E-state index in [9.17, 15) is 35.7 Å². The Morgan fingerprint density at radius 2 is 0.651 bits per heavy atom. The average Bonchev–Trinajstić information content (AvgIpc) is 0.941. The van der Waals surface area contributed by atoms with Gasteiger partial charge in [-0.25, -0.2) is 29.5 Å². The van der Waals surface area contributed by atoms with Crippen LogP contribution in [0.2, 0.25) is 0 Å². The second-order valence-corrected chi connectivity index (χ2v) is 30.7. The molecular weight excluding hydrogens is 2430 g/mol. The minimum absolute atomic E-state index is 0. The molecule has 10 heterocycles. The van der Waals surface area contributed by atoms with Crippen molar-refractivity contribution in [2.24, 2.45) is 10.2 Å². The van der Waals surface area contributed by atoms with Crippen LogP contribution in [0.15, 0.2) is 22.6 Å². The maximum absolute atomic E-state index is 9.79. The topological polar surface area (TPSA) is 561 Å². The molecule has 7 aliphatic rings. The van der Waals surface area contributed by atoms with E-state index in [1.165, 1.54) is 52.5 Å². The van der Waals surface area contributed by atoms with Crippen molar-refractivity contribution in [3.63, 3.8) is 0 Å². The number of methoxy groups -OCH3 is 7. The van der Waals surface area contributed by atoms with Gasteiger partial charge in [0.25, 0.3) is 0 Å². The van der Waals surface area contributed by atoms with E-state index in [0.29, 0.717) is 18.9 Å². The molecule has 53 heteroatoms. The van der Waals surface area contributed by atoms with Gasteiger partial charge in [0.1, 0.15) is 42.7 Å². The van der Waals surface area contributed by atoms with Gasteiger partial charge in [-0.1, -0.05) is 63.5 Å². The number of aromatic nitrogens is 10. The van der Waals surface area contributed by atoms with Gasteiger partial charge in [-0.2, -0.15) is 42.7 Å². The van der Waals surface area contributed by atoms with E-state index in [2.05, 4.69) is 177 Å². The van der Waals surface area contributed by atoms with E-state index < -0.39 is 86.8 Å². The van der Waals surface area contributed by atoms with Gasteiger partial charge >= 0.3 is 0 Å². The van der Waals surface area contributed by atoms with Crippen molar-refractivity contribution in [3.05, 3.63) is 148 Å². The fourth-order valence-corrected chi connectivity index (χ4v) is 13.0. The maximum atomic E-state index is 9.79. The van der Waals surface area contributed by atoms with E-state index in [-0.39, 0.29) is 314 Å². The van der Waals surface area contributed by atoms with Crippen molar-refractivity contribution in [3.8, 4) is 36.8 Å². The molecule has 9 N–H and O–H groups in total. The first-order valence-electron chi connectivity index (χ1n) is 44.9. The zero-order chi connectivity index (χ0) is 109. The van der Waals surface area contributed by atoms with Crippen LogP contribution in [0.3, 0.4) is 0 Å². The van der Waals surface area contributed by atoms with Crippen molar-refractivity contribution in [2.75, 3.05) is 112 Å². The Bertz CT molecular complexity index is 3230. The Morgan fingerprint density at radius 3 is 0.767 bits per heavy atom. The first-order chi connectivity index (χ1) is 65.6. The van der Waals surface area contributed by atoms with Crippen LogP contribution >= 0.6 is 0 Å². The molecule has 146 heavy (non-hydrogen) atoms. The molecule has 0 amide bonds. The quantitative estimate of drug-likeness (QED) is 0.0187. The van der Waals surface area contributed by atoms with Gasteiger partial charge in [-0.15, -0.1) is 17.2 Å². The standard InChI is InChI=1S/5C9H18NO3.2C8H17NO3.2C5H8N3.C4H7N4.2C3H3.2C2H5N3.2C2H2N.2C2H5.7Y/c5*1-6-5-7(10(2)3)8(11)9(12-4)13-6;2*1-5-4-6(9-2)7(10)8(11-3)12-5;1-3-8-4-5(2)6-7-8;1-3-8-5(2)4-6-7-8;1-3-8-6-4(2)5-7-8;2*1-3-2;2*1-2-4-5-3;2*1-2-3;2*1-2;;;;;;;/h5*6-9,11H,2,5H2,1,3-4H3;2*5-10H,4H2,1-3H3;2*4H,2-3H2,1H3;2-3H2,1H3;2*1H,2H2;2*2H2,1H3;2*1H2;2*1H2,2H3;;;;;;;/q5*-1;;;5*-1;;;4*-1;;;;;;;/t5*6-,7+,8-,9-;2*5-,6+,7-,8-;;;;;;;;;;;;;;;;;;/m1111111................../s1. The van der Waals surface area contributed by atoms with Crippen LogP contribution in [0.1, 0.15) is 159 Å². The van der Waals surface area contributed by atoms with Crippen molar-refractivity contribution >= 4 is 0 Å². The Morgan fingerprint density at radius 1 is 0.425 bits per heavy atom. The molecule has 7 fully saturated rings. The number of aryl methyl sites for hydroxylation is 3. The molecule has 28 atom stereocenters. The summed E-state index contributed by atoms with van der Waals surface area (Å²) in [6.45, 7) is 59.3. The number of tetrazole rings is 1. The molecule has 7 saturated heterocycles. The number of hydrogen-bond acceptors (Lipinski definition) is 39. The summed E-state index contributed by atoms with van der Waals surface area (Å²) in [5, 5.41) is 121. The molecule has 0 spiro atoms. The van der Waals surface area contributed by atoms with Crippen LogP contribution in [0.5, 0.6) is 0 Å². The number of terminal acetylenes is 2. The number of nitrogens with one attached hydrogen (secondary N) is 2. The summed E-state index contributed by atoms with van der Waals surface area (Å²) < 4.78 is 76.3. The Balaban J connectivity index is -0.0000000976.